The van der Waals surface area contributed by atoms with Gasteiger partial charge in [-0.3, -0.25) is 4.79 Å². The molecule has 2 atom stereocenters. The normalized spacial score (nSPS) is 12.9. The number of esters is 2. The SMILES string of the molecule is CCOC(=O)C(CC(Cc1ccc(-c2ccccc2)cc1)NC(=O)OC(C)(C)C)OC(C)=O. The average molecular weight is 456 g/mol. The van der Waals surface area contributed by atoms with Gasteiger partial charge in [-0.25, -0.2) is 9.59 Å². The molecule has 0 aliphatic rings. The van der Waals surface area contributed by atoms with Crippen molar-refractivity contribution in [2.75, 3.05) is 6.61 Å². The van der Waals surface area contributed by atoms with Crippen LogP contribution in [-0.4, -0.2) is 42.4 Å². The number of hydrogen-bond donors (Lipinski definition) is 1. The van der Waals surface area contributed by atoms with Crippen LogP contribution in [0.3, 0.4) is 0 Å². The van der Waals surface area contributed by atoms with Crippen LogP contribution < -0.4 is 5.32 Å². The van der Waals surface area contributed by atoms with E-state index in [0.29, 0.717) is 6.42 Å². The van der Waals surface area contributed by atoms with Gasteiger partial charge in [0.2, 0.25) is 6.10 Å². The number of carbonyl (C=O) groups is 3. The van der Waals surface area contributed by atoms with Gasteiger partial charge in [-0.05, 0) is 50.8 Å². The molecular formula is C26H33NO6. The highest BCUT2D eigenvalue weighted by Gasteiger charge is 2.29. The van der Waals surface area contributed by atoms with Crippen LogP contribution in [0.1, 0.15) is 46.6 Å². The van der Waals surface area contributed by atoms with Gasteiger partial charge in [0.25, 0.3) is 0 Å². The third-order valence-corrected chi connectivity index (χ3v) is 4.62. The number of hydrogen-bond acceptors (Lipinski definition) is 6. The molecule has 0 radical (unpaired) electrons. The van der Waals surface area contributed by atoms with Crippen molar-refractivity contribution in [3.63, 3.8) is 0 Å². The van der Waals surface area contributed by atoms with Gasteiger partial charge in [0.05, 0.1) is 6.61 Å². The Morgan fingerprint density at radius 1 is 0.939 bits per heavy atom. The van der Waals surface area contributed by atoms with E-state index in [0.717, 1.165) is 16.7 Å². The van der Waals surface area contributed by atoms with E-state index in [1.54, 1.807) is 27.7 Å². The Bertz CT molecular complexity index is 918. The number of alkyl carbamates (subject to hydrolysis) is 1. The Labute approximate surface area is 195 Å². The minimum atomic E-state index is -1.13. The summed E-state index contributed by atoms with van der Waals surface area (Å²) in [6, 6.07) is 17.4. The molecule has 2 rings (SSSR count). The summed E-state index contributed by atoms with van der Waals surface area (Å²) in [5.41, 5.74) is 2.44. The average Bonchev–Trinajstić information content (AvgIpc) is 2.73. The summed E-state index contributed by atoms with van der Waals surface area (Å²) in [5.74, 6) is -1.25. The number of ether oxygens (including phenoxy) is 3. The van der Waals surface area contributed by atoms with Crippen LogP contribution in [0.25, 0.3) is 11.1 Å². The Kier molecular flexibility index (Phi) is 9.45. The quantitative estimate of drug-likeness (QED) is 0.436. The van der Waals surface area contributed by atoms with Gasteiger partial charge in [0.15, 0.2) is 0 Å². The summed E-state index contributed by atoms with van der Waals surface area (Å²) in [6.45, 7) is 8.36. The zero-order chi connectivity index (χ0) is 24.4. The number of benzene rings is 2. The summed E-state index contributed by atoms with van der Waals surface area (Å²) in [4.78, 5) is 36.3. The van der Waals surface area contributed by atoms with Gasteiger partial charge in [-0.2, -0.15) is 0 Å². The van der Waals surface area contributed by atoms with Gasteiger partial charge in [0.1, 0.15) is 5.60 Å². The second-order valence-corrected chi connectivity index (χ2v) is 8.70. The zero-order valence-electron chi connectivity index (χ0n) is 19.9. The lowest BCUT2D eigenvalue weighted by Crippen LogP contribution is -2.44. The lowest BCUT2D eigenvalue weighted by atomic mass is 9.98. The molecule has 0 saturated heterocycles. The van der Waals surface area contributed by atoms with Gasteiger partial charge in [-0.1, -0.05) is 54.6 Å². The molecule has 2 aromatic carbocycles. The first-order chi connectivity index (χ1) is 15.6. The van der Waals surface area contributed by atoms with E-state index >= 15 is 0 Å². The number of amides is 1. The molecule has 0 saturated carbocycles. The first-order valence-electron chi connectivity index (χ1n) is 11.0. The van der Waals surface area contributed by atoms with E-state index in [9.17, 15) is 14.4 Å². The lowest BCUT2D eigenvalue weighted by Gasteiger charge is -2.26. The van der Waals surface area contributed by atoms with Crippen LogP contribution in [0.4, 0.5) is 4.79 Å². The van der Waals surface area contributed by atoms with Crippen LogP contribution in [-0.2, 0) is 30.2 Å². The smallest absolute Gasteiger partial charge is 0.407 e. The predicted molar refractivity (Wildman–Crippen MR) is 126 cm³/mol. The summed E-state index contributed by atoms with van der Waals surface area (Å²) in [7, 11) is 0. The molecule has 2 unspecified atom stereocenters. The molecule has 0 aliphatic carbocycles. The molecular weight excluding hydrogens is 422 g/mol. The highest BCUT2D eigenvalue weighted by atomic mass is 16.6. The van der Waals surface area contributed by atoms with Crippen LogP contribution >= 0.6 is 0 Å². The van der Waals surface area contributed by atoms with E-state index in [4.69, 9.17) is 14.2 Å². The van der Waals surface area contributed by atoms with E-state index in [1.165, 1.54) is 6.92 Å². The topological polar surface area (TPSA) is 90.9 Å². The van der Waals surface area contributed by atoms with Crippen LogP contribution in [0.2, 0.25) is 0 Å². The van der Waals surface area contributed by atoms with Crippen LogP contribution in [0.5, 0.6) is 0 Å². The monoisotopic (exact) mass is 455 g/mol. The second kappa shape index (κ2) is 12.0. The summed E-state index contributed by atoms with van der Waals surface area (Å²) >= 11 is 0. The molecule has 0 aliphatic heterocycles. The van der Waals surface area contributed by atoms with E-state index < -0.39 is 35.8 Å². The van der Waals surface area contributed by atoms with Gasteiger partial charge >= 0.3 is 18.0 Å². The molecule has 0 spiro atoms. The lowest BCUT2D eigenvalue weighted by molar-refractivity contribution is -0.167. The molecule has 178 valence electrons. The van der Waals surface area contributed by atoms with Crippen molar-refractivity contribution in [2.45, 2.75) is 65.2 Å². The van der Waals surface area contributed by atoms with Crippen molar-refractivity contribution in [3.8, 4) is 11.1 Å². The molecule has 2 aromatic rings. The zero-order valence-corrected chi connectivity index (χ0v) is 19.9. The van der Waals surface area contributed by atoms with Gasteiger partial charge in [-0.15, -0.1) is 0 Å². The van der Waals surface area contributed by atoms with Crippen molar-refractivity contribution < 1.29 is 28.6 Å². The molecule has 0 fully saturated rings. The Hall–Kier alpha value is -3.35. The summed E-state index contributed by atoms with van der Waals surface area (Å²) in [5, 5.41) is 2.81. The number of rotatable bonds is 9. The highest BCUT2D eigenvalue weighted by molar-refractivity contribution is 5.78. The fraction of sp³-hybridized carbons (Fsp3) is 0.423. The number of nitrogens with one attached hydrogen (secondary N) is 1. The number of carbonyl (C=O) groups excluding carboxylic acids is 3. The van der Waals surface area contributed by atoms with Gasteiger partial charge < -0.3 is 19.5 Å². The Balaban J connectivity index is 2.20. The molecule has 7 heteroatoms. The molecule has 1 N–H and O–H groups in total. The summed E-state index contributed by atoms with van der Waals surface area (Å²) < 4.78 is 15.6. The third kappa shape index (κ3) is 9.35. The van der Waals surface area contributed by atoms with Crippen LogP contribution in [0.15, 0.2) is 54.6 Å². The van der Waals surface area contributed by atoms with E-state index in [1.807, 2.05) is 54.6 Å². The molecule has 1 amide bonds. The van der Waals surface area contributed by atoms with Crippen molar-refractivity contribution in [2.24, 2.45) is 0 Å². The molecule has 0 bridgehead atoms. The maximum Gasteiger partial charge on any atom is 0.407 e. The second-order valence-electron chi connectivity index (χ2n) is 8.70. The predicted octanol–water partition coefficient (Wildman–Crippen LogP) is 4.67. The Morgan fingerprint density at radius 3 is 2.09 bits per heavy atom. The molecule has 0 aromatic heterocycles. The minimum absolute atomic E-state index is 0.0537. The first-order valence-corrected chi connectivity index (χ1v) is 11.0. The third-order valence-electron chi connectivity index (χ3n) is 4.62. The van der Waals surface area contributed by atoms with Crippen molar-refractivity contribution in [3.05, 3.63) is 60.2 Å². The fourth-order valence-corrected chi connectivity index (χ4v) is 3.30. The van der Waals surface area contributed by atoms with Crippen LogP contribution in [0, 0.1) is 0 Å². The van der Waals surface area contributed by atoms with E-state index in [2.05, 4.69) is 5.32 Å². The first kappa shape index (κ1) is 25.9. The maximum absolute atomic E-state index is 12.4. The van der Waals surface area contributed by atoms with Crippen molar-refractivity contribution in [1.29, 1.82) is 0 Å². The largest absolute Gasteiger partial charge is 0.463 e. The van der Waals surface area contributed by atoms with Crippen molar-refractivity contribution >= 4 is 18.0 Å². The van der Waals surface area contributed by atoms with Gasteiger partial charge in [0, 0.05) is 19.4 Å². The minimum Gasteiger partial charge on any atom is -0.463 e. The molecule has 7 nitrogen and oxygen atoms in total. The van der Waals surface area contributed by atoms with Crippen molar-refractivity contribution in [1.82, 2.24) is 5.32 Å². The Morgan fingerprint density at radius 2 is 1.55 bits per heavy atom. The fourth-order valence-electron chi connectivity index (χ4n) is 3.30. The highest BCUT2D eigenvalue weighted by Crippen LogP contribution is 2.21. The molecule has 33 heavy (non-hydrogen) atoms. The standard InChI is InChI=1S/C26H33NO6/c1-6-31-24(29)23(32-18(2)28)17-22(27-25(30)33-26(3,4)5)16-19-12-14-21(15-13-19)20-10-8-7-9-11-20/h7-15,22-23H,6,16-17H2,1-5H3,(H,27,30). The van der Waals surface area contributed by atoms with E-state index in [-0.39, 0.29) is 13.0 Å². The molecule has 0 heterocycles. The maximum atomic E-state index is 12.4. The summed E-state index contributed by atoms with van der Waals surface area (Å²) in [6.07, 6.45) is -1.28.